The van der Waals surface area contributed by atoms with E-state index < -0.39 is 6.04 Å². The van der Waals surface area contributed by atoms with Crippen LogP contribution in [0.2, 0.25) is 0 Å². The third-order valence-electron chi connectivity index (χ3n) is 2.65. The van der Waals surface area contributed by atoms with Gasteiger partial charge in [-0.25, -0.2) is 0 Å². The number of nitrogens with zero attached hydrogens (tertiary/aromatic N) is 2. The minimum absolute atomic E-state index is 0. The summed E-state index contributed by atoms with van der Waals surface area (Å²) in [6.07, 6.45) is 4.36. The van der Waals surface area contributed by atoms with Gasteiger partial charge in [0.2, 0.25) is 0 Å². The van der Waals surface area contributed by atoms with Crippen molar-refractivity contribution in [3.8, 4) is 0 Å². The van der Waals surface area contributed by atoms with Crippen molar-refractivity contribution in [1.82, 2.24) is 0 Å². The van der Waals surface area contributed by atoms with Gasteiger partial charge in [-0.2, -0.15) is 0 Å². The van der Waals surface area contributed by atoms with E-state index in [1.165, 1.54) is 0 Å². The fourth-order valence-corrected chi connectivity index (χ4v) is 1.93. The van der Waals surface area contributed by atoms with E-state index in [0.29, 0.717) is 0 Å². The van der Waals surface area contributed by atoms with Crippen LogP contribution in [0.5, 0.6) is 0 Å². The van der Waals surface area contributed by atoms with Gasteiger partial charge in [-0.15, -0.1) is 0 Å². The van der Waals surface area contributed by atoms with Crippen molar-refractivity contribution in [2.24, 2.45) is 9.98 Å². The summed E-state index contributed by atoms with van der Waals surface area (Å²) in [6, 6.07) is 7.41. The molecular formula is C12H9N2O+. The fourth-order valence-electron chi connectivity index (χ4n) is 1.93. The Labute approximate surface area is 87.7 Å². The first-order chi connectivity index (χ1) is 7.40. The molecule has 0 amide bonds. The lowest BCUT2D eigenvalue weighted by atomic mass is 9.97. The highest BCUT2D eigenvalue weighted by Gasteiger charge is 2.22. The molecule has 0 N–H and O–H groups in total. The molecule has 3 rings (SSSR count). The third-order valence-corrected chi connectivity index (χ3v) is 2.65. The predicted octanol–water partition coefficient (Wildman–Crippen LogP) is 0.119. The van der Waals surface area contributed by atoms with E-state index in [0.717, 1.165) is 28.0 Å². The summed E-state index contributed by atoms with van der Waals surface area (Å²) in [5.41, 5.74) is 1.93. The van der Waals surface area contributed by atoms with Gasteiger partial charge >= 0.3 is 1.43 Å². The SMILES string of the molecule is O=CC1N=c2ccccc2=C2C=NC=C21.[H+]. The van der Waals surface area contributed by atoms with Crippen LogP contribution in [0, 0.1) is 0 Å². The number of benzene rings is 1. The lowest BCUT2D eigenvalue weighted by Gasteiger charge is -2.12. The molecule has 0 radical (unpaired) electrons. The third kappa shape index (κ3) is 1.09. The average Bonchev–Trinajstić information content (AvgIpc) is 2.77. The van der Waals surface area contributed by atoms with Gasteiger partial charge in [0.15, 0.2) is 0 Å². The Kier molecular flexibility index (Phi) is 1.65. The van der Waals surface area contributed by atoms with Crippen LogP contribution in [0.4, 0.5) is 0 Å². The van der Waals surface area contributed by atoms with E-state index in [1.54, 1.807) is 12.4 Å². The van der Waals surface area contributed by atoms with Crippen LogP contribution in [0.25, 0.3) is 5.57 Å². The molecule has 1 aromatic rings. The topological polar surface area (TPSA) is 41.8 Å². The molecule has 0 bridgehead atoms. The molecule has 0 saturated heterocycles. The number of carbonyl (C=O) groups excluding carboxylic acids is 1. The van der Waals surface area contributed by atoms with E-state index in [1.807, 2.05) is 24.3 Å². The van der Waals surface area contributed by atoms with Crippen LogP contribution in [0.3, 0.4) is 0 Å². The number of hydrogen-bond donors (Lipinski definition) is 0. The summed E-state index contributed by atoms with van der Waals surface area (Å²) in [6.45, 7) is 0. The highest BCUT2D eigenvalue weighted by molar-refractivity contribution is 6.13. The van der Waals surface area contributed by atoms with Crippen molar-refractivity contribution in [2.75, 3.05) is 0 Å². The summed E-state index contributed by atoms with van der Waals surface area (Å²) < 4.78 is 0. The molecular weight excluding hydrogens is 188 g/mol. The monoisotopic (exact) mass is 197 g/mol. The van der Waals surface area contributed by atoms with E-state index >= 15 is 0 Å². The zero-order valence-corrected chi connectivity index (χ0v) is 7.92. The maximum absolute atomic E-state index is 10.9. The Morgan fingerprint density at radius 2 is 2.20 bits per heavy atom. The zero-order valence-electron chi connectivity index (χ0n) is 8.92. The van der Waals surface area contributed by atoms with Crippen molar-refractivity contribution in [2.45, 2.75) is 6.04 Å². The first-order valence-corrected chi connectivity index (χ1v) is 4.76. The van der Waals surface area contributed by atoms with Gasteiger partial charge in [0.1, 0.15) is 12.3 Å². The molecule has 0 aliphatic carbocycles. The van der Waals surface area contributed by atoms with Crippen molar-refractivity contribution in [3.05, 3.63) is 46.6 Å². The van der Waals surface area contributed by atoms with Gasteiger partial charge in [0.05, 0.1) is 5.36 Å². The second-order valence-corrected chi connectivity index (χ2v) is 3.50. The van der Waals surface area contributed by atoms with E-state index in [4.69, 9.17) is 0 Å². The number of hydrogen-bond acceptors (Lipinski definition) is 3. The first kappa shape index (κ1) is 8.29. The van der Waals surface area contributed by atoms with Crippen LogP contribution in [-0.4, -0.2) is 18.5 Å². The molecule has 1 unspecified atom stereocenters. The smallest absolute Gasteiger partial charge is 0.301 e. The Balaban J connectivity index is 0.000000963. The molecule has 1 aromatic carbocycles. The summed E-state index contributed by atoms with van der Waals surface area (Å²) in [4.78, 5) is 19.4. The van der Waals surface area contributed by atoms with Gasteiger partial charge in [-0.3, -0.25) is 9.98 Å². The number of rotatable bonds is 1. The molecule has 2 aliphatic rings. The van der Waals surface area contributed by atoms with Crippen LogP contribution in [0.1, 0.15) is 1.43 Å². The Morgan fingerprint density at radius 1 is 1.33 bits per heavy atom. The maximum atomic E-state index is 10.9. The Morgan fingerprint density at radius 3 is 3.07 bits per heavy atom. The molecule has 15 heavy (non-hydrogen) atoms. The Hall–Kier alpha value is -2.03. The standard InChI is InChI=1S/C12H8N2O/c15-7-12-10-6-13-5-9(10)8-3-1-2-4-11(8)14-12/h1-7,12H/p+1. The van der Waals surface area contributed by atoms with Crippen LogP contribution in [0.15, 0.2) is 46.0 Å². The molecule has 0 spiro atoms. The lowest BCUT2D eigenvalue weighted by Crippen LogP contribution is -2.35. The predicted molar refractivity (Wildman–Crippen MR) is 58.2 cm³/mol. The first-order valence-electron chi connectivity index (χ1n) is 4.76. The summed E-state index contributed by atoms with van der Waals surface area (Å²) in [7, 11) is 0. The van der Waals surface area contributed by atoms with Crippen molar-refractivity contribution < 1.29 is 6.22 Å². The molecule has 0 saturated carbocycles. The molecule has 72 valence electrons. The van der Waals surface area contributed by atoms with Gasteiger partial charge in [-0.05, 0) is 6.07 Å². The quantitative estimate of drug-likeness (QED) is 0.589. The van der Waals surface area contributed by atoms with Crippen LogP contribution >= 0.6 is 0 Å². The highest BCUT2D eigenvalue weighted by atomic mass is 16.1. The summed E-state index contributed by atoms with van der Waals surface area (Å²) in [5, 5.41) is 1.93. The number of carbonyl (C=O) groups is 1. The minimum atomic E-state index is -0.391. The molecule has 2 heterocycles. The maximum Gasteiger partial charge on any atom is 1.00 e. The average molecular weight is 197 g/mol. The van der Waals surface area contributed by atoms with Crippen LogP contribution < -0.4 is 10.6 Å². The summed E-state index contributed by atoms with van der Waals surface area (Å²) >= 11 is 0. The number of para-hydroxylation sites is 1. The minimum Gasteiger partial charge on any atom is -0.301 e. The molecule has 2 aliphatic heterocycles. The van der Waals surface area contributed by atoms with E-state index in [2.05, 4.69) is 9.98 Å². The summed E-state index contributed by atoms with van der Waals surface area (Å²) in [5.74, 6) is 0. The number of fused-ring (bicyclic) bond motifs is 2. The van der Waals surface area contributed by atoms with Gasteiger partial charge < -0.3 is 4.79 Å². The van der Waals surface area contributed by atoms with Gasteiger partial charge in [-0.1, -0.05) is 18.2 Å². The highest BCUT2D eigenvalue weighted by Crippen LogP contribution is 2.20. The van der Waals surface area contributed by atoms with Crippen molar-refractivity contribution >= 4 is 18.1 Å². The second-order valence-electron chi connectivity index (χ2n) is 3.50. The van der Waals surface area contributed by atoms with Crippen LogP contribution in [-0.2, 0) is 4.79 Å². The van der Waals surface area contributed by atoms with Gasteiger partial charge in [0, 0.05) is 28.8 Å². The largest absolute Gasteiger partial charge is 1.00 e. The molecule has 0 fully saturated rings. The molecule has 1 atom stereocenters. The normalized spacial score (nSPS) is 21.5. The number of aliphatic imine (C=N–C) groups is 1. The molecule has 3 heteroatoms. The van der Waals surface area contributed by atoms with E-state index in [9.17, 15) is 4.79 Å². The van der Waals surface area contributed by atoms with Crippen molar-refractivity contribution in [3.63, 3.8) is 0 Å². The van der Waals surface area contributed by atoms with Gasteiger partial charge in [0.25, 0.3) is 0 Å². The fraction of sp³-hybridized carbons (Fsp3) is 0.0833. The zero-order chi connectivity index (χ0) is 10.3. The number of aldehydes is 1. The Bertz CT molecular complexity index is 616. The second kappa shape index (κ2) is 2.98. The molecule has 0 aromatic heterocycles. The van der Waals surface area contributed by atoms with E-state index in [-0.39, 0.29) is 1.43 Å². The van der Waals surface area contributed by atoms with Crippen molar-refractivity contribution in [1.29, 1.82) is 0 Å². The lowest BCUT2D eigenvalue weighted by molar-refractivity contribution is -0.108. The molecule has 3 nitrogen and oxygen atoms in total.